The molecule has 0 aliphatic heterocycles. The summed E-state index contributed by atoms with van der Waals surface area (Å²) >= 11 is 6.12. The lowest BCUT2D eigenvalue weighted by Gasteiger charge is -2.25. The molecule has 0 radical (unpaired) electrons. The molecule has 0 aliphatic rings. The molecular weight excluding hydrogens is 238 g/mol. The molecule has 17 heavy (non-hydrogen) atoms. The smallest absolute Gasteiger partial charge is 0.126 e. The van der Waals surface area contributed by atoms with E-state index in [1.165, 1.54) is 0 Å². The maximum Gasteiger partial charge on any atom is 0.126 e. The fraction of sp³-hybridized carbons (Fsp3) is 0.583. The van der Waals surface area contributed by atoms with Crippen LogP contribution in [0.1, 0.15) is 19.5 Å². The Morgan fingerprint density at radius 1 is 1.47 bits per heavy atom. The van der Waals surface area contributed by atoms with Gasteiger partial charge in [-0.05, 0) is 26.0 Å². The van der Waals surface area contributed by atoms with Crippen molar-refractivity contribution < 1.29 is 5.11 Å². The summed E-state index contributed by atoms with van der Waals surface area (Å²) < 4.78 is 0. The highest BCUT2D eigenvalue weighted by Crippen LogP contribution is 2.19. The highest BCUT2D eigenvalue weighted by Gasteiger charge is 2.13. The number of nitrogens with one attached hydrogen (secondary N) is 1. The zero-order valence-corrected chi connectivity index (χ0v) is 11.3. The standard InChI is InChI=1S/C12H20ClN3O/c1-9(2)16(6-7-17)8-11-10(13)4-5-12(14-3)15-11/h4-5,9,17H,6-8H2,1-3H3,(H,14,15). The van der Waals surface area contributed by atoms with E-state index in [4.69, 9.17) is 16.7 Å². The number of nitrogens with zero attached hydrogens (tertiary/aromatic N) is 2. The molecule has 1 heterocycles. The van der Waals surface area contributed by atoms with Crippen LogP contribution in [0, 0.1) is 0 Å². The second-order valence-corrected chi connectivity index (χ2v) is 4.57. The fourth-order valence-corrected chi connectivity index (χ4v) is 1.74. The number of aliphatic hydroxyl groups is 1. The summed E-state index contributed by atoms with van der Waals surface area (Å²) in [5.74, 6) is 0.803. The first-order valence-electron chi connectivity index (χ1n) is 5.76. The minimum absolute atomic E-state index is 0.140. The number of hydrogen-bond acceptors (Lipinski definition) is 4. The first-order valence-corrected chi connectivity index (χ1v) is 6.14. The van der Waals surface area contributed by atoms with Crippen LogP contribution < -0.4 is 5.32 Å². The van der Waals surface area contributed by atoms with E-state index < -0.39 is 0 Å². The van der Waals surface area contributed by atoms with Gasteiger partial charge in [0, 0.05) is 26.2 Å². The second kappa shape index (κ2) is 6.79. The topological polar surface area (TPSA) is 48.4 Å². The minimum Gasteiger partial charge on any atom is -0.395 e. The molecular formula is C12H20ClN3O. The van der Waals surface area contributed by atoms with E-state index in [0.29, 0.717) is 24.2 Å². The van der Waals surface area contributed by atoms with E-state index in [1.807, 2.05) is 19.2 Å². The molecule has 0 fully saturated rings. The van der Waals surface area contributed by atoms with Crippen molar-refractivity contribution in [1.29, 1.82) is 0 Å². The van der Waals surface area contributed by atoms with Gasteiger partial charge in [0.05, 0.1) is 17.3 Å². The Morgan fingerprint density at radius 3 is 2.71 bits per heavy atom. The number of anilines is 1. The van der Waals surface area contributed by atoms with Gasteiger partial charge in [0.1, 0.15) is 5.82 Å². The number of pyridine rings is 1. The molecule has 5 heteroatoms. The average Bonchev–Trinajstić information content (AvgIpc) is 2.31. The van der Waals surface area contributed by atoms with Crippen molar-refractivity contribution in [3.8, 4) is 0 Å². The highest BCUT2D eigenvalue weighted by atomic mass is 35.5. The van der Waals surface area contributed by atoms with Crippen LogP contribution in [0.4, 0.5) is 5.82 Å². The fourth-order valence-electron chi connectivity index (χ4n) is 1.58. The van der Waals surface area contributed by atoms with Crippen LogP contribution in [0.3, 0.4) is 0 Å². The summed E-state index contributed by atoms with van der Waals surface area (Å²) in [6.07, 6.45) is 0. The third kappa shape index (κ3) is 4.15. The Labute approximate surface area is 108 Å². The molecule has 96 valence electrons. The Hall–Kier alpha value is -0.840. The van der Waals surface area contributed by atoms with Crippen molar-refractivity contribution >= 4 is 17.4 Å². The van der Waals surface area contributed by atoms with Crippen molar-refractivity contribution in [1.82, 2.24) is 9.88 Å². The largest absolute Gasteiger partial charge is 0.395 e. The van der Waals surface area contributed by atoms with Gasteiger partial charge >= 0.3 is 0 Å². The molecule has 4 nitrogen and oxygen atoms in total. The van der Waals surface area contributed by atoms with E-state index in [1.54, 1.807) is 0 Å². The molecule has 0 atom stereocenters. The molecule has 0 spiro atoms. The van der Waals surface area contributed by atoms with Crippen LogP contribution in [-0.2, 0) is 6.54 Å². The predicted molar refractivity (Wildman–Crippen MR) is 71.4 cm³/mol. The van der Waals surface area contributed by atoms with E-state index in [0.717, 1.165) is 11.5 Å². The molecule has 0 amide bonds. The molecule has 0 saturated heterocycles. The predicted octanol–water partition coefficient (Wildman–Crippen LogP) is 1.98. The van der Waals surface area contributed by atoms with Gasteiger partial charge in [0.15, 0.2) is 0 Å². The van der Waals surface area contributed by atoms with E-state index in [-0.39, 0.29) is 6.61 Å². The van der Waals surface area contributed by atoms with Crippen molar-refractivity contribution in [3.05, 3.63) is 22.8 Å². The van der Waals surface area contributed by atoms with Crippen LogP contribution in [0.15, 0.2) is 12.1 Å². The lowest BCUT2D eigenvalue weighted by molar-refractivity contribution is 0.158. The van der Waals surface area contributed by atoms with Crippen molar-refractivity contribution in [2.45, 2.75) is 26.4 Å². The molecule has 2 N–H and O–H groups in total. The maximum absolute atomic E-state index is 9.03. The number of hydrogen-bond donors (Lipinski definition) is 2. The minimum atomic E-state index is 0.140. The van der Waals surface area contributed by atoms with Crippen LogP contribution in [0.25, 0.3) is 0 Å². The second-order valence-electron chi connectivity index (χ2n) is 4.16. The SMILES string of the molecule is CNc1ccc(Cl)c(CN(CCO)C(C)C)n1. The van der Waals surface area contributed by atoms with E-state index in [2.05, 4.69) is 29.0 Å². The Kier molecular flexibility index (Phi) is 5.68. The molecule has 0 saturated carbocycles. The van der Waals surface area contributed by atoms with Gasteiger partial charge in [0.2, 0.25) is 0 Å². The summed E-state index contributed by atoms with van der Waals surface area (Å²) in [4.78, 5) is 6.56. The van der Waals surface area contributed by atoms with Gasteiger partial charge in [-0.3, -0.25) is 4.90 Å². The Morgan fingerprint density at radius 2 is 2.18 bits per heavy atom. The molecule has 1 aromatic rings. The first-order chi connectivity index (χ1) is 8.08. The van der Waals surface area contributed by atoms with Crippen molar-refractivity contribution in [2.24, 2.45) is 0 Å². The van der Waals surface area contributed by atoms with Crippen LogP contribution >= 0.6 is 11.6 Å². The summed E-state index contributed by atoms with van der Waals surface area (Å²) in [5.41, 5.74) is 0.834. The third-order valence-electron chi connectivity index (χ3n) is 2.65. The van der Waals surface area contributed by atoms with Crippen LogP contribution in [0.2, 0.25) is 5.02 Å². The number of aliphatic hydroxyl groups excluding tert-OH is 1. The number of halogens is 1. The quantitative estimate of drug-likeness (QED) is 0.818. The van der Waals surface area contributed by atoms with Crippen LogP contribution in [-0.4, -0.2) is 41.2 Å². The van der Waals surface area contributed by atoms with Crippen molar-refractivity contribution in [3.63, 3.8) is 0 Å². The van der Waals surface area contributed by atoms with Gasteiger partial charge in [-0.1, -0.05) is 11.6 Å². The summed E-state index contributed by atoms with van der Waals surface area (Å²) in [6.45, 7) is 5.59. The number of aromatic nitrogens is 1. The lowest BCUT2D eigenvalue weighted by atomic mass is 10.2. The first kappa shape index (κ1) is 14.2. The van der Waals surface area contributed by atoms with Gasteiger partial charge in [-0.25, -0.2) is 4.98 Å². The molecule has 1 rings (SSSR count). The average molecular weight is 258 g/mol. The summed E-state index contributed by atoms with van der Waals surface area (Å²) in [7, 11) is 1.83. The zero-order chi connectivity index (χ0) is 12.8. The molecule has 0 aromatic carbocycles. The molecule has 1 aromatic heterocycles. The Bertz CT molecular complexity index is 358. The molecule has 0 unspecified atom stereocenters. The van der Waals surface area contributed by atoms with Gasteiger partial charge in [0.25, 0.3) is 0 Å². The van der Waals surface area contributed by atoms with Gasteiger partial charge in [-0.2, -0.15) is 0 Å². The number of rotatable bonds is 6. The Balaban J connectivity index is 2.84. The van der Waals surface area contributed by atoms with Crippen molar-refractivity contribution in [2.75, 3.05) is 25.5 Å². The normalized spacial score (nSPS) is 11.2. The summed E-state index contributed by atoms with van der Waals surface area (Å²) in [6, 6.07) is 4.03. The molecule has 0 bridgehead atoms. The van der Waals surface area contributed by atoms with E-state index in [9.17, 15) is 0 Å². The molecule has 0 aliphatic carbocycles. The van der Waals surface area contributed by atoms with Gasteiger partial charge < -0.3 is 10.4 Å². The lowest BCUT2D eigenvalue weighted by Crippen LogP contribution is -2.33. The van der Waals surface area contributed by atoms with E-state index >= 15 is 0 Å². The maximum atomic E-state index is 9.03. The van der Waals surface area contributed by atoms with Crippen LogP contribution in [0.5, 0.6) is 0 Å². The third-order valence-corrected chi connectivity index (χ3v) is 2.99. The van der Waals surface area contributed by atoms with Gasteiger partial charge in [-0.15, -0.1) is 0 Å². The highest BCUT2D eigenvalue weighted by molar-refractivity contribution is 6.31. The monoisotopic (exact) mass is 257 g/mol. The zero-order valence-electron chi connectivity index (χ0n) is 10.6. The summed E-state index contributed by atoms with van der Waals surface area (Å²) in [5, 5.41) is 12.7.